The van der Waals surface area contributed by atoms with Crippen molar-refractivity contribution in [2.75, 3.05) is 12.9 Å². The SMILES string of the molecule is COc1ccc(C(N)CSCc2ccccc2)cc1F. The lowest BCUT2D eigenvalue weighted by atomic mass is 10.1. The number of benzene rings is 2. The normalized spacial score (nSPS) is 12.2. The second-order valence-corrected chi connectivity index (χ2v) is 5.53. The Morgan fingerprint density at radius 3 is 2.60 bits per heavy atom. The van der Waals surface area contributed by atoms with Gasteiger partial charge in [0, 0.05) is 17.5 Å². The van der Waals surface area contributed by atoms with Crippen LogP contribution in [0.4, 0.5) is 4.39 Å². The van der Waals surface area contributed by atoms with Gasteiger partial charge in [0.1, 0.15) is 0 Å². The molecule has 2 aromatic rings. The van der Waals surface area contributed by atoms with Crippen molar-refractivity contribution in [3.8, 4) is 5.75 Å². The first-order valence-corrected chi connectivity index (χ1v) is 7.57. The zero-order valence-electron chi connectivity index (χ0n) is 11.4. The lowest BCUT2D eigenvalue weighted by molar-refractivity contribution is 0.386. The fourth-order valence-electron chi connectivity index (χ4n) is 1.89. The summed E-state index contributed by atoms with van der Waals surface area (Å²) in [6, 6.07) is 14.9. The molecule has 0 saturated carbocycles. The van der Waals surface area contributed by atoms with E-state index in [1.54, 1.807) is 17.8 Å². The lowest BCUT2D eigenvalue weighted by Gasteiger charge is -2.13. The van der Waals surface area contributed by atoms with E-state index in [9.17, 15) is 4.39 Å². The van der Waals surface area contributed by atoms with Gasteiger partial charge in [0.25, 0.3) is 0 Å². The molecule has 0 radical (unpaired) electrons. The highest BCUT2D eigenvalue weighted by molar-refractivity contribution is 7.98. The van der Waals surface area contributed by atoms with Crippen LogP contribution in [0.15, 0.2) is 48.5 Å². The predicted octanol–water partition coefficient (Wildman–Crippen LogP) is 3.77. The molecule has 4 heteroatoms. The molecule has 2 aromatic carbocycles. The molecule has 1 atom stereocenters. The summed E-state index contributed by atoms with van der Waals surface area (Å²) in [5.74, 6) is 1.54. The largest absolute Gasteiger partial charge is 0.494 e. The van der Waals surface area contributed by atoms with Crippen molar-refractivity contribution in [2.45, 2.75) is 11.8 Å². The molecule has 0 bridgehead atoms. The van der Waals surface area contributed by atoms with Crippen LogP contribution >= 0.6 is 11.8 Å². The first kappa shape index (κ1) is 14.9. The molecular weight excluding hydrogens is 273 g/mol. The molecule has 0 aromatic heterocycles. The zero-order valence-corrected chi connectivity index (χ0v) is 12.2. The number of ether oxygens (including phenoxy) is 1. The van der Waals surface area contributed by atoms with E-state index in [0.717, 1.165) is 17.1 Å². The van der Waals surface area contributed by atoms with Gasteiger partial charge in [-0.1, -0.05) is 36.4 Å². The number of hydrogen-bond donors (Lipinski definition) is 1. The third-order valence-electron chi connectivity index (χ3n) is 3.01. The Morgan fingerprint density at radius 2 is 1.95 bits per heavy atom. The Balaban J connectivity index is 1.88. The monoisotopic (exact) mass is 291 g/mol. The molecule has 0 aliphatic carbocycles. The van der Waals surface area contributed by atoms with Crippen LogP contribution in [0, 0.1) is 5.82 Å². The van der Waals surface area contributed by atoms with Gasteiger partial charge in [0.15, 0.2) is 11.6 Å². The van der Waals surface area contributed by atoms with Crippen molar-refractivity contribution in [1.82, 2.24) is 0 Å². The number of methoxy groups -OCH3 is 1. The number of hydrogen-bond acceptors (Lipinski definition) is 3. The Hall–Kier alpha value is -1.52. The summed E-state index contributed by atoms with van der Waals surface area (Å²) in [5, 5.41) is 0. The first-order valence-electron chi connectivity index (χ1n) is 6.41. The molecule has 20 heavy (non-hydrogen) atoms. The predicted molar refractivity (Wildman–Crippen MR) is 82.5 cm³/mol. The number of halogens is 1. The summed E-state index contributed by atoms with van der Waals surface area (Å²) in [5.41, 5.74) is 8.16. The van der Waals surface area contributed by atoms with Gasteiger partial charge >= 0.3 is 0 Å². The molecule has 0 heterocycles. The van der Waals surface area contributed by atoms with Crippen molar-refractivity contribution in [3.05, 3.63) is 65.5 Å². The Kier molecular flexibility index (Phi) is 5.44. The standard InChI is InChI=1S/C16H18FNOS/c1-19-16-8-7-13(9-14(16)17)15(18)11-20-10-12-5-3-2-4-6-12/h2-9,15H,10-11,18H2,1H3. The molecule has 0 aliphatic rings. The zero-order chi connectivity index (χ0) is 14.4. The second kappa shape index (κ2) is 7.31. The van der Waals surface area contributed by atoms with Crippen LogP contribution in [-0.2, 0) is 5.75 Å². The lowest BCUT2D eigenvalue weighted by Crippen LogP contribution is -2.13. The molecule has 1 unspecified atom stereocenters. The van der Waals surface area contributed by atoms with Gasteiger partial charge in [0.2, 0.25) is 0 Å². The smallest absolute Gasteiger partial charge is 0.165 e. The maximum atomic E-state index is 13.6. The second-order valence-electron chi connectivity index (χ2n) is 4.50. The molecule has 2 N–H and O–H groups in total. The Labute approximate surface area is 123 Å². The van der Waals surface area contributed by atoms with E-state index in [1.165, 1.54) is 18.7 Å². The Bertz CT molecular complexity index is 547. The van der Waals surface area contributed by atoms with Gasteiger partial charge in [-0.3, -0.25) is 0 Å². The average Bonchev–Trinajstić information content (AvgIpc) is 2.48. The molecule has 0 saturated heterocycles. The van der Waals surface area contributed by atoms with E-state index in [4.69, 9.17) is 10.5 Å². The molecule has 2 nitrogen and oxygen atoms in total. The molecule has 0 fully saturated rings. The summed E-state index contributed by atoms with van der Waals surface area (Å²) in [6.45, 7) is 0. The topological polar surface area (TPSA) is 35.2 Å². The summed E-state index contributed by atoms with van der Waals surface area (Å²) in [4.78, 5) is 0. The van der Waals surface area contributed by atoms with Crippen LogP contribution < -0.4 is 10.5 Å². The summed E-state index contributed by atoms with van der Waals surface area (Å²) < 4.78 is 18.5. The van der Waals surface area contributed by atoms with Crippen LogP contribution in [-0.4, -0.2) is 12.9 Å². The van der Waals surface area contributed by atoms with E-state index in [1.807, 2.05) is 24.3 Å². The van der Waals surface area contributed by atoms with Crippen molar-refractivity contribution in [2.24, 2.45) is 5.73 Å². The van der Waals surface area contributed by atoms with Gasteiger partial charge in [-0.2, -0.15) is 11.8 Å². The van der Waals surface area contributed by atoms with E-state index in [2.05, 4.69) is 12.1 Å². The van der Waals surface area contributed by atoms with E-state index in [0.29, 0.717) is 0 Å². The minimum atomic E-state index is -0.367. The fourth-order valence-corrected chi connectivity index (χ4v) is 2.88. The highest BCUT2D eigenvalue weighted by atomic mass is 32.2. The van der Waals surface area contributed by atoms with Gasteiger partial charge < -0.3 is 10.5 Å². The highest BCUT2D eigenvalue weighted by Crippen LogP contribution is 2.24. The summed E-state index contributed by atoms with van der Waals surface area (Å²) >= 11 is 1.75. The summed E-state index contributed by atoms with van der Waals surface area (Å²) in [7, 11) is 1.45. The molecule has 106 valence electrons. The molecular formula is C16H18FNOS. The van der Waals surface area contributed by atoms with Gasteiger partial charge in [-0.05, 0) is 23.3 Å². The number of nitrogens with two attached hydrogens (primary N) is 1. The maximum Gasteiger partial charge on any atom is 0.165 e. The van der Waals surface area contributed by atoms with Gasteiger partial charge in [-0.25, -0.2) is 4.39 Å². The first-order chi connectivity index (χ1) is 9.70. The van der Waals surface area contributed by atoms with E-state index in [-0.39, 0.29) is 17.6 Å². The molecule has 0 spiro atoms. The quantitative estimate of drug-likeness (QED) is 0.880. The third kappa shape index (κ3) is 3.99. The van der Waals surface area contributed by atoms with Crippen LogP contribution in [0.1, 0.15) is 17.2 Å². The van der Waals surface area contributed by atoms with Gasteiger partial charge in [-0.15, -0.1) is 0 Å². The van der Waals surface area contributed by atoms with E-state index < -0.39 is 0 Å². The minimum absolute atomic E-state index is 0.177. The van der Waals surface area contributed by atoms with Crippen molar-refractivity contribution >= 4 is 11.8 Å². The van der Waals surface area contributed by atoms with Crippen LogP contribution in [0.5, 0.6) is 5.75 Å². The third-order valence-corrected chi connectivity index (χ3v) is 4.15. The Morgan fingerprint density at radius 1 is 1.20 bits per heavy atom. The maximum absolute atomic E-state index is 13.6. The highest BCUT2D eigenvalue weighted by Gasteiger charge is 2.10. The van der Waals surface area contributed by atoms with Crippen molar-refractivity contribution in [3.63, 3.8) is 0 Å². The minimum Gasteiger partial charge on any atom is -0.494 e. The van der Waals surface area contributed by atoms with Crippen LogP contribution in [0.3, 0.4) is 0 Å². The van der Waals surface area contributed by atoms with Crippen molar-refractivity contribution in [1.29, 1.82) is 0 Å². The number of rotatable bonds is 6. The molecule has 2 rings (SSSR count). The molecule has 0 aliphatic heterocycles. The average molecular weight is 291 g/mol. The van der Waals surface area contributed by atoms with E-state index >= 15 is 0 Å². The van der Waals surface area contributed by atoms with Gasteiger partial charge in [0.05, 0.1) is 7.11 Å². The summed E-state index contributed by atoms with van der Waals surface area (Å²) in [6.07, 6.45) is 0. The van der Waals surface area contributed by atoms with Crippen molar-refractivity contribution < 1.29 is 9.13 Å². The molecule has 0 amide bonds. The van der Waals surface area contributed by atoms with Crippen LogP contribution in [0.25, 0.3) is 0 Å². The number of thioether (sulfide) groups is 1. The van der Waals surface area contributed by atoms with Crippen LogP contribution in [0.2, 0.25) is 0 Å². The fraction of sp³-hybridized carbons (Fsp3) is 0.250.